The van der Waals surface area contributed by atoms with E-state index >= 15 is 0 Å². The van der Waals surface area contributed by atoms with E-state index in [0.717, 1.165) is 0 Å². The molecule has 7 heteroatoms. The molecule has 2 rings (SSSR count). The molecule has 0 aliphatic rings. The summed E-state index contributed by atoms with van der Waals surface area (Å²) in [5.41, 5.74) is 7.13. The second kappa shape index (κ2) is 6.69. The van der Waals surface area contributed by atoms with Gasteiger partial charge in [-0.05, 0) is 30.5 Å². The van der Waals surface area contributed by atoms with Crippen LogP contribution in [-0.4, -0.2) is 26.7 Å². The van der Waals surface area contributed by atoms with Crippen molar-refractivity contribution in [2.45, 2.75) is 26.3 Å². The predicted molar refractivity (Wildman–Crippen MR) is 82.4 cm³/mol. The monoisotopic (exact) mass is 307 g/mol. The third kappa shape index (κ3) is 4.03. The van der Waals surface area contributed by atoms with Gasteiger partial charge in [0.25, 0.3) is 0 Å². The van der Waals surface area contributed by atoms with E-state index < -0.39 is 6.04 Å². The molecule has 0 bridgehead atoms. The molecular formula is C14H18ClN5O. The zero-order chi connectivity index (χ0) is 15.4. The third-order valence-electron chi connectivity index (χ3n) is 2.94. The number of carbonyl (C=O) groups is 1. The molecule has 0 aliphatic heterocycles. The van der Waals surface area contributed by atoms with Crippen LogP contribution in [0.25, 0.3) is 5.69 Å². The van der Waals surface area contributed by atoms with Crippen LogP contribution in [0.5, 0.6) is 0 Å². The van der Waals surface area contributed by atoms with Crippen molar-refractivity contribution in [3.05, 3.63) is 35.9 Å². The Morgan fingerprint density at radius 2 is 2.24 bits per heavy atom. The molecule has 2 aromatic rings. The summed E-state index contributed by atoms with van der Waals surface area (Å²) < 4.78 is 1.56. The lowest BCUT2D eigenvalue weighted by molar-refractivity contribution is -0.117. The van der Waals surface area contributed by atoms with Gasteiger partial charge >= 0.3 is 0 Å². The van der Waals surface area contributed by atoms with Crippen LogP contribution in [0.1, 0.15) is 20.3 Å². The summed E-state index contributed by atoms with van der Waals surface area (Å²) in [6, 6.07) is 4.59. The largest absolute Gasteiger partial charge is 0.323 e. The minimum absolute atomic E-state index is 0.243. The van der Waals surface area contributed by atoms with Crippen LogP contribution in [0.15, 0.2) is 30.9 Å². The molecule has 0 radical (unpaired) electrons. The number of rotatable bonds is 5. The molecule has 1 atom stereocenters. The normalized spacial score (nSPS) is 12.4. The Bertz CT molecular complexity index is 612. The molecular weight excluding hydrogens is 290 g/mol. The van der Waals surface area contributed by atoms with E-state index in [1.165, 1.54) is 6.33 Å². The fraction of sp³-hybridized carbons (Fsp3) is 0.357. The maximum absolute atomic E-state index is 12.2. The molecule has 1 heterocycles. The van der Waals surface area contributed by atoms with Crippen LogP contribution >= 0.6 is 11.6 Å². The van der Waals surface area contributed by atoms with Gasteiger partial charge in [-0.1, -0.05) is 25.4 Å². The van der Waals surface area contributed by atoms with E-state index in [4.69, 9.17) is 17.3 Å². The van der Waals surface area contributed by atoms with Gasteiger partial charge in [-0.3, -0.25) is 4.79 Å². The topological polar surface area (TPSA) is 85.8 Å². The first-order chi connectivity index (χ1) is 9.97. The van der Waals surface area contributed by atoms with Crippen LogP contribution in [-0.2, 0) is 4.79 Å². The number of aromatic nitrogens is 3. The number of hydrogen-bond donors (Lipinski definition) is 2. The molecule has 1 aromatic heterocycles. The van der Waals surface area contributed by atoms with Gasteiger partial charge in [-0.25, -0.2) is 9.67 Å². The fourth-order valence-electron chi connectivity index (χ4n) is 1.98. The number of nitrogens with zero attached hydrogens (tertiary/aromatic N) is 3. The zero-order valence-electron chi connectivity index (χ0n) is 12.0. The smallest absolute Gasteiger partial charge is 0.241 e. The first-order valence-corrected chi connectivity index (χ1v) is 7.06. The summed E-state index contributed by atoms with van der Waals surface area (Å²) in [7, 11) is 0. The Labute approximate surface area is 128 Å². The molecule has 0 saturated carbocycles. The molecule has 1 aromatic carbocycles. The molecule has 21 heavy (non-hydrogen) atoms. The summed E-state index contributed by atoms with van der Waals surface area (Å²) in [4.78, 5) is 16.1. The molecule has 112 valence electrons. The number of benzene rings is 1. The molecule has 0 unspecified atom stereocenters. The molecule has 1 amide bonds. The van der Waals surface area contributed by atoms with Gasteiger partial charge in [0.05, 0.1) is 17.4 Å². The summed E-state index contributed by atoms with van der Waals surface area (Å²) in [6.07, 6.45) is 3.59. The molecule has 0 aliphatic carbocycles. The SMILES string of the molecule is CC(C)C[C@H](N)C(=O)Nc1cc(Cl)ccc1-n1cncn1. The van der Waals surface area contributed by atoms with Gasteiger partial charge in [0, 0.05) is 5.02 Å². The fourth-order valence-corrected chi connectivity index (χ4v) is 2.15. The Morgan fingerprint density at radius 3 is 2.86 bits per heavy atom. The first-order valence-electron chi connectivity index (χ1n) is 6.68. The Hall–Kier alpha value is -1.92. The lowest BCUT2D eigenvalue weighted by atomic mass is 10.0. The van der Waals surface area contributed by atoms with Crippen molar-refractivity contribution in [2.75, 3.05) is 5.32 Å². The van der Waals surface area contributed by atoms with Crippen LogP contribution in [0.3, 0.4) is 0 Å². The van der Waals surface area contributed by atoms with E-state index in [1.54, 1.807) is 29.2 Å². The van der Waals surface area contributed by atoms with Crippen molar-refractivity contribution in [2.24, 2.45) is 11.7 Å². The van der Waals surface area contributed by atoms with Crippen molar-refractivity contribution >= 4 is 23.2 Å². The number of anilines is 1. The van der Waals surface area contributed by atoms with E-state index in [-0.39, 0.29) is 5.91 Å². The minimum atomic E-state index is -0.562. The minimum Gasteiger partial charge on any atom is -0.323 e. The highest BCUT2D eigenvalue weighted by Crippen LogP contribution is 2.24. The number of halogens is 1. The number of carbonyl (C=O) groups excluding carboxylic acids is 1. The van der Waals surface area contributed by atoms with Gasteiger partial charge in [-0.2, -0.15) is 5.10 Å². The Balaban J connectivity index is 2.23. The Morgan fingerprint density at radius 1 is 1.48 bits per heavy atom. The number of hydrogen-bond acceptors (Lipinski definition) is 4. The van der Waals surface area contributed by atoms with Crippen molar-refractivity contribution < 1.29 is 4.79 Å². The standard InChI is InChI=1S/C14H18ClN5O/c1-9(2)5-11(16)14(21)19-12-6-10(15)3-4-13(12)20-8-17-7-18-20/h3-4,6-9,11H,5,16H2,1-2H3,(H,19,21)/t11-/m0/s1. The van der Waals surface area contributed by atoms with Crippen molar-refractivity contribution in [1.82, 2.24) is 14.8 Å². The molecule has 6 nitrogen and oxygen atoms in total. The van der Waals surface area contributed by atoms with E-state index in [1.807, 2.05) is 13.8 Å². The van der Waals surface area contributed by atoms with Gasteiger partial charge in [-0.15, -0.1) is 0 Å². The lowest BCUT2D eigenvalue weighted by Crippen LogP contribution is -2.36. The highest BCUT2D eigenvalue weighted by molar-refractivity contribution is 6.31. The number of nitrogens with two attached hydrogens (primary N) is 1. The Kier molecular flexibility index (Phi) is 4.93. The molecule has 0 saturated heterocycles. The van der Waals surface area contributed by atoms with Crippen LogP contribution < -0.4 is 11.1 Å². The van der Waals surface area contributed by atoms with Crippen LogP contribution in [0.2, 0.25) is 5.02 Å². The van der Waals surface area contributed by atoms with E-state index in [0.29, 0.717) is 28.7 Å². The maximum Gasteiger partial charge on any atom is 0.241 e. The average molecular weight is 308 g/mol. The highest BCUT2D eigenvalue weighted by atomic mass is 35.5. The van der Waals surface area contributed by atoms with Gasteiger partial charge in [0.15, 0.2) is 0 Å². The van der Waals surface area contributed by atoms with Gasteiger partial charge in [0.2, 0.25) is 5.91 Å². The quantitative estimate of drug-likeness (QED) is 0.887. The van der Waals surface area contributed by atoms with E-state index in [9.17, 15) is 4.79 Å². The second-order valence-electron chi connectivity index (χ2n) is 5.23. The zero-order valence-corrected chi connectivity index (χ0v) is 12.7. The van der Waals surface area contributed by atoms with E-state index in [2.05, 4.69) is 15.4 Å². The summed E-state index contributed by atoms with van der Waals surface area (Å²) in [6.45, 7) is 4.04. The van der Waals surface area contributed by atoms with Crippen molar-refractivity contribution in [3.8, 4) is 5.69 Å². The summed E-state index contributed by atoms with van der Waals surface area (Å²) in [5, 5.41) is 7.39. The summed E-state index contributed by atoms with van der Waals surface area (Å²) in [5.74, 6) is 0.104. The molecule has 3 N–H and O–H groups in total. The number of nitrogens with one attached hydrogen (secondary N) is 1. The van der Waals surface area contributed by atoms with Crippen LogP contribution in [0.4, 0.5) is 5.69 Å². The molecule has 0 fully saturated rings. The van der Waals surface area contributed by atoms with Crippen molar-refractivity contribution in [1.29, 1.82) is 0 Å². The average Bonchev–Trinajstić information content (AvgIpc) is 2.91. The lowest BCUT2D eigenvalue weighted by Gasteiger charge is -2.16. The van der Waals surface area contributed by atoms with Crippen molar-refractivity contribution in [3.63, 3.8) is 0 Å². The van der Waals surface area contributed by atoms with Gasteiger partial charge < -0.3 is 11.1 Å². The van der Waals surface area contributed by atoms with Crippen LogP contribution in [0, 0.1) is 5.92 Å². The molecule has 0 spiro atoms. The summed E-state index contributed by atoms with van der Waals surface area (Å²) >= 11 is 6.00. The van der Waals surface area contributed by atoms with Gasteiger partial charge in [0.1, 0.15) is 12.7 Å². The maximum atomic E-state index is 12.2. The number of amides is 1. The predicted octanol–water partition coefficient (Wildman–Crippen LogP) is 2.23. The third-order valence-corrected chi connectivity index (χ3v) is 3.18. The highest BCUT2D eigenvalue weighted by Gasteiger charge is 2.17. The second-order valence-corrected chi connectivity index (χ2v) is 5.66. The first kappa shape index (κ1) is 15.5.